The van der Waals surface area contributed by atoms with E-state index in [1.54, 1.807) is 13.0 Å². The minimum atomic E-state index is -0.0190. The van der Waals surface area contributed by atoms with Gasteiger partial charge in [-0.15, -0.1) is 0 Å². The number of likely N-dealkylation sites (N-methyl/N-ethyl adjacent to an activating group) is 1. The van der Waals surface area contributed by atoms with E-state index in [0.717, 1.165) is 42.5 Å². The van der Waals surface area contributed by atoms with Crippen LogP contribution >= 0.6 is 11.8 Å². The first-order valence-electron chi connectivity index (χ1n) is 11.1. The molecule has 1 aromatic heterocycles. The van der Waals surface area contributed by atoms with Crippen LogP contribution in [0.4, 0.5) is 17.3 Å². The Bertz CT molecular complexity index is 1010. The molecule has 0 spiro atoms. The molecule has 176 valence electrons. The van der Waals surface area contributed by atoms with Crippen molar-refractivity contribution in [1.29, 1.82) is 5.41 Å². The van der Waals surface area contributed by atoms with E-state index in [1.807, 2.05) is 37.3 Å². The highest BCUT2D eigenvalue weighted by Gasteiger charge is 2.23. The molecule has 1 fully saturated rings. The Kier molecular flexibility index (Phi) is 8.67. The summed E-state index contributed by atoms with van der Waals surface area (Å²) in [5.41, 5.74) is 7.14. The molecule has 3 rings (SSSR count). The number of hydrogen-bond acceptors (Lipinski definition) is 9. The lowest BCUT2D eigenvalue weighted by molar-refractivity contribution is -0.115. The van der Waals surface area contributed by atoms with Crippen molar-refractivity contribution in [3.63, 3.8) is 0 Å². The fourth-order valence-electron chi connectivity index (χ4n) is 3.49. The first kappa shape index (κ1) is 24.5. The zero-order chi connectivity index (χ0) is 23.8. The maximum Gasteiger partial charge on any atom is 0.224 e. The topological polar surface area (TPSA) is 132 Å². The van der Waals surface area contributed by atoms with E-state index in [-0.39, 0.29) is 5.91 Å². The molecule has 6 N–H and O–H groups in total. The third-order valence-electron chi connectivity index (χ3n) is 5.01. The molecule has 1 atom stereocenters. The van der Waals surface area contributed by atoms with E-state index in [4.69, 9.17) is 16.1 Å². The molecule has 0 unspecified atom stereocenters. The molecule has 2 heterocycles. The molecule has 1 aliphatic heterocycles. The SMILES string of the molecule is CCN[C@H]1CCN(c2cc(N/C(N)=C/C(C)=N)nc(Sc3ccc(NC(=O)CC)cc3)n2)C1. The Hall–Kier alpha value is -3.11. The van der Waals surface area contributed by atoms with Gasteiger partial charge in [-0.2, -0.15) is 0 Å². The van der Waals surface area contributed by atoms with Crippen LogP contribution in [0.2, 0.25) is 0 Å². The van der Waals surface area contributed by atoms with Crippen molar-refractivity contribution >= 4 is 40.7 Å². The van der Waals surface area contributed by atoms with Gasteiger partial charge < -0.3 is 32.0 Å². The zero-order valence-corrected chi connectivity index (χ0v) is 20.1. The third-order valence-corrected chi connectivity index (χ3v) is 5.88. The zero-order valence-electron chi connectivity index (χ0n) is 19.3. The van der Waals surface area contributed by atoms with Crippen molar-refractivity contribution in [3.05, 3.63) is 42.2 Å². The monoisotopic (exact) mass is 468 g/mol. The Morgan fingerprint density at radius 3 is 2.70 bits per heavy atom. The maximum atomic E-state index is 11.6. The van der Waals surface area contributed by atoms with Gasteiger partial charge in [0.15, 0.2) is 5.16 Å². The largest absolute Gasteiger partial charge is 0.385 e. The van der Waals surface area contributed by atoms with Crippen LogP contribution in [0.3, 0.4) is 0 Å². The van der Waals surface area contributed by atoms with Crippen LogP contribution in [-0.2, 0) is 4.79 Å². The van der Waals surface area contributed by atoms with Crippen LogP contribution in [0.5, 0.6) is 0 Å². The van der Waals surface area contributed by atoms with Crippen molar-refractivity contribution in [2.45, 2.75) is 49.7 Å². The van der Waals surface area contributed by atoms with Crippen LogP contribution in [0, 0.1) is 5.41 Å². The molecule has 2 aromatic rings. The number of carbonyl (C=O) groups excluding carboxylic acids is 1. The number of nitrogens with one attached hydrogen (secondary N) is 4. The molecule has 1 saturated heterocycles. The van der Waals surface area contributed by atoms with E-state index in [2.05, 4.69) is 32.8 Å². The molecule has 0 saturated carbocycles. The fraction of sp³-hybridized carbons (Fsp3) is 0.391. The predicted molar refractivity (Wildman–Crippen MR) is 135 cm³/mol. The van der Waals surface area contributed by atoms with Gasteiger partial charge in [0.1, 0.15) is 17.5 Å². The normalized spacial score (nSPS) is 16.0. The Balaban J connectivity index is 1.82. The van der Waals surface area contributed by atoms with Crippen LogP contribution < -0.4 is 26.6 Å². The molecule has 1 amide bonds. The molecular weight excluding hydrogens is 436 g/mol. The highest BCUT2D eigenvalue weighted by molar-refractivity contribution is 7.99. The standard InChI is InChI=1S/C23H32N8OS/c1-4-22(32)27-16-6-8-18(9-7-16)33-23-29-20(28-19(25)12-15(3)24)13-21(30-23)31-11-10-17(14-31)26-5-2/h6-9,12-13,17,24,26H,4-5,10-11,14,25H2,1-3H3,(H,27,32)(H,28,29,30)/b19-12+,24-15?/t17-/m0/s1. The summed E-state index contributed by atoms with van der Waals surface area (Å²) in [5, 5.41) is 17.6. The van der Waals surface area contributed by atoms with E-state index in [0.29, 0.717) is 35.0 Å². The molecule has 0 radical (unpaired) electrons. The average molecular weight is 469 g/mol. The second-order valence-electron chi connectivity index (χ2n) is 7.82. The van der Waals surface area contributed by atoms with E-state index in [1.165, 1.54) is 11.8 Å². The first-order valence-corrected chi connectivity index (χ1v) is 11.9. The van der Waals surface area contributed by atoms with Gasteiger partial charge in [-0.1, -0.05) is 13.8 Å². The van der Waals surface area contributed by atoms with E-state index >= 15 is 0 Å². The molecular formula is C23H32N8OS. The Morgan fingerprint density at radius 2 is 2.03 bits per heavy atom. The van der Waals surface area contributed by atoms with Crippen molar-refractivity contribution in [2.24, 2.45) is 5.73 Å². The maximum absolute atomic E-state index is 11.6. The first-order chi connectivity index (χ1) is 15.9. The van der Waals surface area contributed by atoms with Gasteiger partial charge in [0.05, 0.1) is 0 Å². The van der Waals surface area contributed by atoms with Crippen LogP contribution in [0.1, 0.15) is 33.6 Å². The lowest BCUT2D eigenvalue weighted by atomic mass is 10.3. The number of benzene rings is 1. The quantitative estimate of drug-likeness (QED) is 0.265. The minimum absolute atomic E-state index is 0.0190. The van der Waals surface area contributed by atoms with Gasteiger partial charge in [-0.25, -0.2) is 9.97 Å². The number of nitrogens with two attached hydrogens (primary N) is 1. The highest BCUT2D eigenvalue weighted by atomic mass is 32.2. The molecule has 1 aromatic carbocycles. The number of rotatable bonds is 10. The second-order valence-corrected chi connectivity index (χ2v) is 8.86. The van der Waals surface area contributed by atoms with Gasteiger partial charge in [0.25, 0.3) is 0 Å². The van der Waals surface area contributed by atoms with Gasteiger partial charge in [-0.05, 0) is 62.0 Å². The summed E-state index contributed by atoms with van der Waals surface area (Å²) in [4.78, 5) is 24.2. The minimum Gasteiger partial charge on any atom is -0.385 e. The van der Waals surface area contributed by atoms with Crippen LogP contribution in [0.25, 0.3) is 0 Å². The summed E-state index contributed by atoms with van der Waals surface area (Å²) in [5.74, 6) is 1.75. The number of anilines is 3. The van der Waals surface area contributed by atoms with Gasteiger partial charge in [0.2, 0.25) is 5.91 Å². The van der Waals surface area contributed by atoms with Crippen LogP contribution in [-0.4, -0.2) is 47.3 Å². The summed E-state index contributed by atoms with van der Waals surface area (Å²) in [6.45, 7) is 8.33. The predicted octanol–water partition coefficient (Wildman–Crippen LogP) is 3.42. The van der Waals surface area contributed by atoms with Crippen LogP contribution in [0.15, 0.2) is 52.3 Å². The van der Waals surface area contributed by atoms with Crippen molar-refractivity contribution in [2.75, 3.05) is 35.2 Å². The highest BCUT2D eigenvalue weighted by Crippen LogP contribution is 2.30. The Morgan fingerprint density at radius 1 is 1.27 bits per heavy atom. The third kappa shape index (κ3) is 7.47. The summed E-state index contributed by atoms with van der Waals surface area (Å²) in [7, 11) is 0. The van der Waals surface area contributed by atoms with Gasteiger partial charge in [0, 0.05) is 47.9 Å². The summed E-state index contributed by atoms with van der Waals surface area (Å²) in [6, 6.07) is 9.93. The number of amides is 1. The molecule has 9 nitrogen and oxygen atoms in total. The van der Waals surface area contributed by atoms with Gasteiger partial charge in [-0.3, -0.25) is 4.79 Å². The number of aromatic nitrogens is 2. The molecule has 0 aliphatic carbocycles. The number of allylic oxidation sites excluding steroid dienone is 1. The molecule has 33 heavy (non-hydrogen) atoms. The Labute approximate surface area is 199 Å². The average Bonchev–Trinajstić information content (AvgIpc) is 3.23. The van der Waals surface area contributed by atoms with Crippen molar-refractivity contribution < 1.29 is 4.79 Å². The smallest absolute Gasteiger partial charge is 0.224 e. The van der Waals surface area contributed by atoms with E-state index < -0.39 is 0 Å². The summed E-state index contributed by atoms with van der Waals surface area (Å²) < 4.78 is 0. The number of hydrogen-bond donors (Lipinski definition) is 5. The van der Waals surface area contributed by atoms with Gasteiger partial charge >= 0.3 is 0 Å². The molecule has 10 heteroatoms. The lowest BCUT2D eigenvalue weighted by Gasteiger charge is -2.19. The number of carbonyl (C=O) groups is 1. The summed E-state index contributed by atoms with van der Waals surface area (Å²) >= 11 is 1.44. The fourth-order valence-corrected chi connectivity index (χ4v) is 4.25. The van der Waals surface area contributed by atoms with Crippen molar-refractivity contribution in [3.8, 4) is 0 Å². The second kappa shape index (κ2) is 11.7. The molecule has 1 aliphatic rings. The number of nitrogens with zero attached hydrogens (tertiary/aromatic N) is 3. The molecule has 0 bridgehead atoms. The van der Waals surface area contributed by atoms with E-state index in [9.17, 15) is 4.79 Å². The summed E-state index contributed by atoms with van der Waals surface area (Å²) in [6.07, 6.45) is 3.05. The lowest BCUT2D eigenvalue weighted by Crippen LogP contribution is -2.32. The van der Waals surface area contributed by atoms with Crippen molar-refractivity contribution in [1.82, 2.24) is 15.3 Å².